The van der Waals surface area contributed by atoms with E-state index in [4.69, 9.17) is 23.2 Å². The molecule has 0 atom stereocenters. The lowest BCUT2D eigenvalue weighted by Crippen LogP contribution is -2.07. The predicted molar refractivity (Wildman–Crippen MR) is 86.5 cm³/mol. The zero-order chi connectivity index (χ0) is 16.6. The van der Waals surface area contributed by atoms with E-state index in [-0.39, 0.29) is 5.52 Å². The van der Waals surface area contributed by atoms with Gasteiger partial charge in [0, 0.05) is 22.3 Å². The number of rotatable bonds is 2. The molecule has 7 heteroatoms. The summed E-state index contributed by atoms with van der Waals surface area (Å²) < 4.78 is 39.3. The van der Waals surface area contributed by atoms with Crippen molar-refractivity contribution in [3.8, 4) is 0 Å². The van der Waals surface area contributed by atoms with Crippen molar-refractivity contribution in [3.05, 3.63) is 64.3 Å². The molecule has 0 saturated carbocycles. The highest BCUT2D eigenvalue weighted by Gasteiger charge is 2.33. The van der Waals surface area contributed by atoms with Crippen molar-refractivity contribution < 1.29 is 13.2 Å². The van der Waals surface area contributed by atoms with Gasteiger partial charge in [0.05, 0.1) is 21.8 Å². The second-order valence-corrected chi connectivity index (χ2v) is 5.65. The second-order valence-electron chi connectivity index (χ2n) is 4.81. The van der Waals surface area contributed by atoms with Gasteiger partial charge in [-0.2, -0.15) is 13.2 Å². The number of pyridine rings is 1. The van der Waals surface area contributed by atoms with Crippen LogP contribution in [0.3, 0.4) is 0 Å². The number of nitrogens with zero attached hydrogens (tertiary/aromatic N) is 1. The number of alkyl halides is 3. The summed E-state index contributed by atoms with van der Waals surface area (Å²) in [7, 11) is 0. The molecule has 1 N–H and O–H groups in total. The first-order valence-corrected chi connectivity index (χ1v) is 7.29. The molecule has 0 spiro atoms. The molecule has 118 valence electrons. The molecule has 0 aliphatic heterocycles. The number of benzene rings is 2. The Morgan fingerprint density at radius 1 is 0.957 bits per heavy atom. The molecule has 0 aliphatic carbocycles. The van der Waals surface area contributed by atoms with Crippen LogP contribution >= 0.6 is 23.2 Å². The molecule has 0 aliphatic rings. The largest absolute Gasteiger partial charge is 0.418 e. The van der Waals surface area contributed by atoms with Gasteiger partial charge in [-0.1, -0.05) is 35.3 Å². The van der Waals surface area contributed by atoms with Crippen LogP contribution in [-0.4, -0.2) is 4.98 Å². The maximum Gasteiger partial charge on any atom is 0.418 e. The van der Waals surface area contributed by atoms with Crippen LogP contribution in [-0.2, 0) is 6.18 Å². The van der Waals surface area contributed by atoms with Crippen LogP contribution in [0.15, 0.2) is 48.7 Å². The van der Waals surface area contributed by atoms with E-state index in [2.05, 4.69) is 10.3 Å². The van der Waals surface area contributed by atoms with Crippen LogP contribution in [0.4, 0.5) is 24.5 Å². The van der Waals surface area contributed by atoms with Crippen LogP contribution < -0.4 is 5.32 Å². The van der Waals surface area contributed by atoms with Crippen molar-refractivity contribution in [1.29, 1.82) is 0 Å². The topological polar surface area (TPSA) is 24.9 Å². The lowest BCUT2D eigenvalue weighted by molar-refractivity contribution is -0.136. The summed E-state index contributed by atoms with van der Waals surface area (Å²) in [5.74, 6) is 0. The van der Waals surface area contributed by atoms with Crippen LogP contribution in [0.5, 0.6) is 0 Å². The lowest BCUT2D eigenvalue weighted by Gasteiger charge is -2.14. The van der Waals surface area contributed by atoms with Gasteiger partial charge >= 0.3 is 6.18 Å². The van der Waals surface area contributed by atoms with Gasteiger partial charge in [0.15, 0.2) is 0 Å². The maximum absolute atomic E-state index is 13.1. The van der Waals surface area contributed by atoms with Gasteiger partial charge in [-0.25, -0.2) is 0 Å². The average molecular weight is 357 g/mol. The number of halogens is 5. The second kappa shape index (κ2) is 5.91. The monoisotopic (exact) mass is 356 g/mol. The Balaban J connectivity index is 2.14. The Kier molecular flexibility index (Phi) is 4.08. The minimum atomic E-state index is -4.47. The highest BCUT2D eigenvalue weighted by molar-refractivity contribution is 6.35. The van der Waals surface area contributed by atoms with Crippen molar-refractivity contribution in [2.24, 2.45) is 0 Å². The normalized spacial score (nSPS) is 11.7. The lowest BCUT2D eigenvalue weighted by atomic mass is 10.1. The highest BCUT2D eigenvalue weighted by Crippen LogP contribution is 2.37. The number of hydrogen-bond donors (Lipinski definition) is 1. The van der Waals surface area contributed by atoms with Gasteiger partial charge in [-0.05, 0) is 30.3 Å². The molecule has 1 aromatic heterocycles. The summed E-state index contributed by atoms with van der Waals surface area (Å²) in [4.78, 5) is 3.87. The first kappa shape index (κ1) is 15.9. The Bertz CT molecular complexity index is 879. The van der Waals surface area contributed by atoms with Crippen LogP contribution in [0.2, 0.25) is 10.0 Å². The smallest absolute Gasteiger partial charge is 0.354 e. The van der Waals surface area contributed by atoms with Crippen molar-refractivity contribution in [3.63, 3.8) is 0 Å². The number of hydrogen-bond acceptors (Lipinski definition) is 2. The van der Waals surface area contributed by atoms with E-state index in [1.165, 1.54) is 12.3 Å². The molecular weight excluding hydrogens is 348 g/mol. The van der Waals surface area contributed by atoms with E-state index < -0.39 is 11.7 Å². The summed E-state index contributed by atoms with van der Waals surface area (Å²) >= 11 is 12.0. The van der Waals surface area contributed by atoms with Crippen molar-refractivity contribution in [2.75, 3.05) is 5.32 Å². The molecule has 1 heterocycles. The third kappa shape index (κ3) is 3.21. The Hall–Kier alpha value is -1.98. The Morgan fingerprint density at radius 3 is 2.48 bits per heavy atom. The molecule has 3 rings (SSSR count). The van der Waals surface area contributed by atoms with Gasteiger partial charge in [-0.15, -0.1) is 0 Å². The molecule has 2 nitrogen and oxygen atoms in total. The summed E-state index contributed by atoms with van der Waals surface area (Å²) in [6.07, 6.45) is -3.16. The number of nitrogens with one attached hydrogen (secondary N) is 1. The third-order valence-electron chi connectivity index (χ3n) is 3.27. The summed E-state index contributed by atoms with van der Waals surface area (Å²) in [5.41, 5.74) is 0.0633. The zero-order valence-corrected chi connectivity index (χ0v) is 13.0. The highest BCUT2D eigenvalue weighted by atomic mass is 35.5. The van der Waals surface area contributed by atoms with Gasteiger partial charge < -0.3 is 5.32 Å². The SMILES string of the molecule is FC(F)(F)c1cccc2c(Nc3cc(Cl)ccc3Cl)ccnc12. The van der Waals surface area contributed by atoms with Crippen LogP contribution in [0.1, 0.15) is 5.56 Å². The number of fused-ring (bicyclic) bond motifs is 1. The van der Waals surface area contributed by atoms with Gasteiger partial charge in [0.2, 0.25) is 0 Å². The van der Waals surface area contributed by atoms with E-state index in [1.807, 2.05) is 0 Å². The fraction of sp³-hybridized carbons (Fsp3) is 0.0625. The molecular formula is C16H9Cl2F3N2. The first-order valence-electron chi connectivity index (χ1n) is 6.53. The van der Waals surface area contributed by atoms with Crippen molar-refractivity contribution >= 4 is 45.5 Å². The molecule has 23 heavy (non-hydrogen) atoms. The van der Waals surface area contributed by atoms with Crippen LogP contribution in [0.25, 0.3) is 10.9 Å². The quantitative estimate of drug-likeness (QED) is 0.582. The molecule has 0 fully saturated rings. The van der Waals surface area contributed by atoms with Crippen molar-refractivity contribution in [1.82, 2.24) is 4.98 Å². The molecule has 0 amide bonds. The maximum atomic E-state index is 13.1. The first-order chi connectivity index (χ1) is 10.9. The number of para-hydroxylation sites is 1. The minimum Gasteiger partial charge on any atom is -0.354 e. The fourth-order valence-corrected chi connectivity index (χ4v) is 2.59. The minimum absolute atomic E-state index is 0.122. The van der Waals surface area contributed by atoms with E-state index in [1.54, 1.807) is 30.3 Å². The molecule has 2 aromatic carbocycles. The summed E-state index contributed by atoms with van der Waals surface area (Å²) in [5, 5.41) is 4.23. The van der Waals surface area contributed by atoms with E-state index in [0.717, 1.165) is 6.07 Å². The Morgan fingerprint density at radius 2 is 1.74 bits per heavy atom. The van der Waals surface area contributed by atoms with Crippen LogP contribution in [0, 0.1) is 0 Å². The van der Waals surface area contributed by atoms with Gasteiger partial charge in [0.25, 0.3) is 0 Å². The van der Waals surface area contributed by atoms with Gasteiger partial charge in [0.1, 0.15) is 0 Å². The number of aromatic nitrogens is 1. The average Bonchev–Trinajstić information content (AvgIpc) is 2.50. The fourth-order valence-electron chi connectivity index (χ4n) is 2.25. The van der Waals surface area contributed by atoms with Crippen molar-refractivity contribution in [2.45, 2.75) is 6.18 Å². The Labute approximate surface area is 139 Å². The van der Waals surface area contributed by atoms with E-state index in [0.29, 0.717) is 26.8 Å². The molecule has 0 saturated heterocycles. The molecule has 0 radical (unpaired) electrons. The van der Waals surface area contributed by atoms with E-state index in [9.17, 15) is 13.2 Å². The third-order valence-corrected chi connectivity index (χ3v) is 3.84. The number of anilines is 2. The summed E-state index contributed by atoms with van der Waals surface area (Å²) in [6, 6.07) is 10.3. The van der Waals surface area contributed by atoms with Gasteiger partial charge in [-0.3, -0.25) is 4.98 Å². The predicted octanol–water partition coefficient (Wildman–Crippen LogP) is 6.30. The standard InChI is InChI=1S/C16H9Cl2F3N2/c17-9-4-5-12(18)14(8-9)23-13-6-7-22-15-10(13)2-1-3-11(15)16(19,20)21/h1-8H,(H,22,23). The molecule has 0 bridgehead atoms. The zero-order valence-electron chi connectivity index (χ0n) is 11.5. The summed E-state index contributed by atoms with van der Waals surface area (Å²) in [6.45, 7) is 0. The van der Waals surface area contributed by atoms with E-state index >= 15 is 0 Å². The molecule has 0 unspecified atom stereocenters. The molecule has 3 aromatic rings.